The number of allylic oxidation sites excluding steroid dienone is 1. The molecule has 0 aliphatic heterocycles. The van der Waals surface area contributed by atoms with E-state index in [4.69, 9.17) is 19.9 Å². The maximum Gasteiger partial charge on any atom is 0.337 e. The van der Waals surface area contributed by atoms with E-state index in [1.54, 1.807) is 75.7 Å². The quantitative estimate of drug-likeness (QED) is 0.128. The maximum atomic E-state index is 14.5. The number of carbonyl (C=O) groups excluding carboxylic acids is 2. The van der Waals surface area contributed by atoms with E-state index in [-0.39, 0.29) is 17.9 Å². The Morgan fingerprint density at radius 1 is 0.875 bits per heavy atom. The Hall–Kier alpha value is -5.67. The predicted molar refractivity (Wildman–Crippen MR) is 183 cm³/mol. The Balaban J connectivity index is 1.66. The summed E-state index contributed by atoms with van der Waals surface area (Å²) >= 11 is 0. The van der Waals surface area contributed by atoms with Crippen molar-refractivity contribution in [1.82, 2.24) is 4.57 Å². The number of methoxy groups -OCH3 is 3. The van der Waals surface area contributed by atoms with Crippen LogP contribution in [0.15, 0.2) is 91.0 Å². The molecule has 1 atom stereocenters. The van der Waals surface area contributed by atoms with E-state index in [1.165, 1.54) is 7.11 Å². The summed E-state index contributed by atoms with van der Waals surface area (Å²) in [5.41, 5.74) is 12.1. The molecular formula is C39H36N2O7. The number of ketones is 1. The molecule has 3 N–H and O–H groups in total. The Morgan fingerprint density at radius 2 is 1.56 bits per heavy atom. The summed E-state index contributed by atoms with van der Waals surface area (Å²) in [5, 5.41) is 10.8. The van der Waals surface area contributed by atoms with Crippen molar-refractivity contribution in [2.24, 2.45) is 5.73 Å². The number of hydrogen-bond acceptors (Lipinski definition) is 7. The first-order valence-electron chi connectivity index (χ1n) is 15.5. The number of nitrogens with zero attached hydrogens (tertiary/aromatic N) is 1. The van der Waals surface area contributed by atoms with Gasteiger partial charge in [-0.15, -0.1) is 0 Å². The molecule has 0 fully saturated rings. The standard InChI is InChI=1S/C39H36N2O7/c1-39(40,36(42)24-15-18-27(46-2)19-16-24)35-34(30-9-5-8-29-28(30)7-6-10-33(29)47-3)31-20-17-26(37(43)44)21-32(31)41(35)22-23-11-13-25(14-12-23)38(45)48-4/h6-7,9-21H,5,8,22,40H2,1-4H3,(H,43,44). The second-order valence-electron chi connectivity index (χ2n) is 11.9. The normalized spacial score (nSPS) is 13.6. The molecule has 1 aliphatic carbocycles. The summed E-state index contributed by atoms with van der Waals surface area (Å²) in [7, 11) is 4.53. The van der Waals surface area contributed by atoms with E-state index in [0.717, 1.165) is 51.8 Å². The van der Waals surface area contributed by atoms with Crippen LogP contribution in [-0.4, -0.2) is 48.7 Å². The van der Waals surface area contributed by atoms with Crippen LogP contribution in [0.5, 0.6) is 11.5 Å². The van der Waals surface area contributed by atoms with Crippen molar-refractivity contribution < 1.29 is 33.7 Å². The Bertz CT molecular complexity index is 2090. The van der Waals surface area contributed by atoms with Gasteiger partial charge in [0.15, 0.2) is 5.78 Å². The number of aromatic nitrogens is 1. The van der Waals surface area contributed by atoms with Crippen molar-refractivity contribution in [3.05, 3.63) is 136 Å². The van der Waals surface area contributed by atoms with Gasteiger partial charge in [-0.25, -0.2) is 9.59 Å². The average molecular weight is 645 g/mol. The van der Waals surface area contributed by atoms with Crippen LogP contribution < -0.4 is 15.2 Å². The third-order valence-corrected chi connectivity index (χ3v) is 9.00. The highest BCUT2D eigenvalue weighted by Crippen LogP contribution is 2.45. The van der Waals surface area contributed by atoms with E-state index < -0.39 is 17.5 Å². The van der Waals surface area contributed by atoms with Gasteiger partial charge in [0.05, 0.1) is 43.7 Å². The van der Waals surface area contributed by atoms with Crippen molar-refractivity contribution >= 4 is 34.2 Å². The topological polar surface area (TPSA) is 130 Å². The Kier molecular flexibility index (Phi) is 8.64. The number of carboxylic acid groups (broad SMARTS) is 1. The largest absolute Gasteiger partial charge is 0.497 e. The van der Waals surface area contributed by atoms with Gasteiger partial charge in [0.25, 0.3) is 0 Å². The average Bonchev–Trinajstić information content (AvgIpc) is 3.44. The molecule has 48 heavy (non-hydrogen) atoms. The number of aromatic carboxylic acids is 1. The van der Waals surface area contributed by atoms with Gasteiger partial charge in [-0.05, 0) is 91.1 Å². The van der Waals surface area contributed by atoms with Gasteiger partial charge in [-0.3, -0.25) is 4.79 Å². The van der Waals surface area contributed by atoms with Gasteiger partial charge in [0.2, 0.25) is 0 Å². The van der Waals surface area contributed by atoms with E-state index in [9.17, 15) is 19.5 Å². The molecule has 0 spiro atoms. The lowest BCUT2D eigenvalue weighted by molar-refractivity contribution is 0.0599. The molecule has 6 rings (SSSR count). The van der Waals surface area contributed by atoms with Crippen molar-refractivity contribution in [3.8, 4) is 11.5 Å². The van der Waals surface area contributed by atoms with E-state index in [1.807, 2.05) is 34.9 Å². The lowest BCUT2D eigenvalue weighted by Gasteiger charge is -2.29. The van der Waals surface area contributed by atoms with Crippen LogP contribution in [0.1, 0.15) is 72.4 Å². The molecule has 1 heterocycles. The zero-order chi connectivity index (χ0) is 34.2. The second-order valence-corrected chi connectivity index (χ2v) is 11.9. The van der Waals surface area contributed by atoms with Crippen LogP contribution in [0.3, 0.4) is 0 Å². The zero-order valence-corrected chi connectivity index (χ0v) is 27.2. The fraction of sp³-hybridized carbons (Fsp3) is 0.205. The number of carbonyl (C=O) groups is 3. The molecule has 4 aromatic carbocycles. The van der Waals surface area contributed by atoms with Gasteiger partial charge in [0, 0.05) is 28.6 Å². The molecule has 1 aromatic heterocycles. The van der Waals surface area contributed by atoms with Gasteiger partial charge in [0.1, 0.15) is 17.0 Å². The highest BCUT2D eigenvalue weighted by Gasteiger charge is 2.40. The maximum absolute atomic E-state index is 14.5. The number of fused-ring (bicyclic) bond motifs is 2. The molecule has 0 saturated heterocycles. The highest BCUT2D eigenvalue weighted by molar-refractivity contribution is 6.08. The van der Waals surface area contributed by atoms with Crippen LogP contribution in [0.4, 0.5) is 0 Å². The number of nitrogens with two attached hydrogens (primary N) is 1. The molecular weight excluding hydrogens is 608 g/mol. The van der Waals surface area contributed by atoms with Crippen molar-refractivity contribution in [2.45, 2.75) is 31.8 Å². The van der Waals surface area contributed by atoms with Crippen molar-refractivity contribution in [1.29, 1.82) is 0 Å². The highest BCUT2D eigenvalue weighted by atomic mass is 16.5. The molecule has 0 amide bonds. The third-order valence-electron chi connectivity index (χ3n) is 9.00. The molecule has 244 valence electrons. The van der Waals surface area contributed by atoms with Crippen LogP contribution in [0.25, 0.3) is 16.5 Å². The van der Waals surface area contributed by atoms with Crippen molar-refractivity contribution in [3.63, 3.8) is 0 Å². The first-order chi connectivity index (χ1) is 23.1. The summed E-state index contributed by atoms with van der Waals surface area (Å²) < 4.78 is 17.9. The number of rotatable bonds is 10. The SMILES string of the molecule is COC(=O)c1ccc(Cn2c(C(C)(N)C(=O)c3ccc(OC)cc3)c(C3=CCCc4c(OC)cccc43)c3ccc(C(=O)O)cc32)cc1. The van der Waals surface area contributed by atoms with Crippen LogP contribution >= 0.6 is 0 Å². The van der Waals surface area contributed by atoms with Crippen LogP contribution in [-0.2, 0) is 23.2 Å². The Labute approximate surface area is 278 Å². The minimum atomic E-state index is -1.59. The summed E-state index contributed by atoms with van der Waals surface area (Å²) in [6.45, 7) is 1.93. The van der Waals surface area contributed by atoms with E-state index >= 15 is 0 Å². The Morgan fingerprint density at radius 3 is 2.21 bits per heavy atom. The monoisotopic (exact) mass is 644 g/mol. The van der Waals surface area contributed by atoms with Gasteiger partial charge >= 0.3 is 11.9 Å². The molecule has 1 unspecified atom stereocenters. The third kappa shape index (κ3) is 5.62. The van der Waals surface area contributed by atoms with Gasteiger partial charge in [-0.2, -0.15) is 0 Å². The van der Waals surface area contributed by atoms with E-state index in [2.05, 4.69) is 6.08 Å². The van der Waals surface area contributed by atoms with Crippen molar-refractivity contribution in [2.75, 3.05) is 21.3 Å². The number of carboxylic acids is 1. The second kappa shape index (κ2) is 12.8. The minimum absolute atomic E-state index is 0.0975. The molecule has 1 aliphatic rings. The predicted octanol–water partition coefficient (Wildman–Crippen LogP) is 6.63. The number of esters is 1. The number of Topliss-reactive ketones (excluding diaryl/α,β-unsaturated/α-hetero) is 1. The van der Waals surface area contributed by atoms with Gasteiger partial charge in [-0.1, -0.05) is 36.4 Å². The lowest BCUT2D eigenvalue weighted by atomic mass is 9.80. The lowest BCUT2D eigenvalue weighted by Crippen LogP contribution is -2.44. The first kappa shape index (κ1) is 32.3. The molecule has 9 heteroatoms. The zero-order valence-electron chi connectivity index (χ0n) is 27.2. The number of hydrogen-bond donors (Lipinski definition) is 2. The van der Waals surface area contributed by atoms with Gasteiger partial charge < -0.3 is 29.6 Å². The van der Waals surface area contributed by atoms with Crippen LogP contribution in [0, 0.1) is 0 Å². The summed E-state index contributed by atoms with van der Waals surface area (Å²) in [6, 6.07) is 24.7. The summed E-state index contributed by atoms with van der Waals surface area (Å²) in [6.07, 6.45) is 3.65. The molecule has 5 aromatic rings. The summed E-state index contributed by atoms with van der Waals surface area (Å²) in [5.74, 6) is -0.481. The molecule has 0 radical (unpaired) electrons. The molecule has 0 saturated carbocycles. The van der Waals surface area contributed by atoms with Crippen LogP contribution in [0.2, 0.25) is 0 Å². The minimum Gasteiger partial charge on any atom is -0.497 e. The number of benzene rings is 4. The fourth-order valence-corrected chi connectivity index (χ4v) is 6.63. The first-order valence-corrected chi connectivity index (χ1v) is 15.5. The molecule has 9 nitrogen and oxygen atoms in total. The molecule has 0 bridgehead atoms. The fourth-order valence-electron chi connectivity index (χ4n) is 6.63. The summed E-state index contributed by atoms with van der Waals surface area (Å²) in [4.78, 5) is 38.9. The smallest absolute Gasteiger partial charge is 0.337 e. The number of ether oxygens (including phenoxy) is 3. The van der Waals surface area contributed by atoms with E-state index in [0.29, 0.717) is 28.1 Å².